The Morgan fingerprint density at radius 3 is 2.57 bits per heavy atom. The van der Waals surface area contributed by atoms with Crippen molar-refractivity contribution in [3.05, 3.63) is 89.0 Å². The zero-order chi connectivity index (χ0) is 20.7. The van der Waals surface area contributed by atoms with Crippen LogP contribution in [0.25, 0.3) is 27.8 Å². The molecule has 0 aliphatic carbocycles. The smallest absolute Gasteiger partial charge is 0.186 e. The predicted molar refractivity (Wildman–Crippen MR) is 112 cm³/mol. The molecule has 0 bridgehead atoms. The van der Waals surface area contributed by atoms with Crippen LogP contribution in [0.15, 0.2) is 66.7 Å². The van der Waals surface area contributed by atoms with E-state index >= 15 is 0 Å². The molecule has 5 nitrogen and oxygen atoms in total. The van der Waals surface area contributed by atoms with Gasteiger partial charge in [0.2, 0.25) is 0 Å². The number of halogens is 3. The highest BCUT2D eigenvalue weighted by Gasteiger charge is 2.16. The van der Waals surface area contributed by atoms with Crippen LogP contribution < -0.4 is 5.32 Å². The zero-order valence-corrected chi connectivity index (χ0v) is 16.2. The molecule has 2 heterocycles. The maximum atomic E-state index is 13.7. The highest BCUT2D eigenvalue weighted by molar-refractivity contribution is 6.31. The van der Waals surface area contributed by atoms with E-state index in [-0.39, 0.29) is 11.6 Å². The molecule has 8 heteroatoms. The van der Waals surface area contributed by atoms with E-state index in [1.807, 2.05) is 6.07 Å². The summed E-state index contributed by atoms with van der Waals surface area (Å²) in [6.07, 6.45) is 0. The molecule has 0 fully saturated rings. The molecule has 0 saturated carbocycles. The average Bonchev–Trinajstić information content (AvgIpc) is 3.17. The number of aromatic nitrogens is 4. The third-order valence-corrected chi connectivity index (χ3v) is 5.01. The number of hydrogen-bond donors (Lipinski definition) is 1. The summed E-state index contributed by atoms with van der Waals surface area (Å²) < 4.78 is 28.5. The third-order valence-electron chi connectivity index (χ3n) is 4.78. The Morgan fingerprint density at radius 1 is 0.933 bits per heavy atom. The van der Waals surface area contributed by atoms with Crippen LogP contribution in [-0.4, -0.2) is 19.8 Å². The van der Waals surface area contributed by atoms with E-state index < -0.39 is 0 Å². The largest absolute Gasteiger partial charge is 0.365 e. The molecule has 30 heavy (non-hydrogen) atoms. The van der Waals surface area contributed by atoms with E-state index in [4.69, 9.17) is 16.6 Å². The molecular weight excluding hydrogens is 408 g/mol. The van der Waals surface area contributed by atoms with Gasteiger partial charge in [-0.15, -0.1) is 5.10 Å². The van der Waals surface area contributed by atoms with Crippen molar-refractivity contribution in [2.24, 2.45) is 0 Å². The van der Waals surface area contributed by atoms with Gasteiger partial charge in [-0.25, -0.2) is 13.8 Å². The zero-order valence-electron chi connectivity index (χ0n) is 15.5. The van der Waals surface area contributed by atoms with E-state index in [0.717, 1.165) is 16.5 Å². The summed E-state index contributed by atoms with van der Waals surface area (Å²) in [5.74, 6) is -0.0826. The Kier molecular flexibility index (Phi) is 4.52. The Hall–Kier alpha value is -3.58. The fourth-order valence-corrected chi connectivity index (χ4v) is 3.51. The van der Waals surface area contributed by atoms with Crippen LogP contribution in [0, 0.1) is 11.6 Å². The van der Waals surface area contributed by atoms with Crippen molar-refractivity contribution in [3.8, 4) is 11.3 Å². The van der Waals surface area contributed by atoms with Crippen molar-refractivity contribution in [2.45, 2.75) is 6.54 Å². The van der Waals surface area contributed by atoms with Crippen molar-refractivity contribution in [3.63, 3.8) is 0 Å². The Labute approximate surface area is 174 Å². The second-order valence-corrected chi connectivity index (χ2v) is 7.22. The molecule has 2 aromatic heterocycles. The van der Waals surface area contributed by atoms with Crippen LogP contribution in [0.5, 0.6) is 0 Å². The first-order chi connectivity index (χ1) is 14.6. The molecule has 5 rings (SSSR count). The number of nitrogens with one attached hydrogen (secondary N) is 1. The lowest BCUT2D eigenvalue weighted by Crippen LogP contribution is -2.05. The van der Waals surface area contributed by atoms with E-state index in [9.17, 15) is 8.78 Å². The molecule has 0 unspecified atom stereocenters. The number of anilines is 1. The molecule has 0 amide bonds. The Bertz CT molecular complexity index is 1380. The second kappa shape index (κ2) is 7.35. The van der Waals surface area contributed by atoms with Gasteiger partial charge in [-0.2, -0.15) is 4.52 Å². The van der Waals surface area contributed by atoms with E-state index in [2.05, 4.69) is 15.6 Å². The molecule has 0 spiro atoms. The third kappa shape index (κ3) is 3.33. The van der Waals surface area contributed by atoms with Gasteiger partial charge in [-0.1, -0.05) is 41.1 Å². The first-order valence-electron chi connectivity index (χ1n) is 9.17. The highest BCUT2D eigenvalue weighted by atomic mass is 35.5. The number of fused-ring (bicyclic) bond motifs is 3. The molecule has 0 aliphatic rings. The van der Waals surface area contributed by atoms with Gasteiger partial charge in [0.05, 0.1) is 5.52 Å². The first kappa shape index (κ1) is 18.4. The minimum atomic E-state index is -0.365. The van der Waals surface area contributed by atoms with Crippen molar-refractivity contribution >= 4 is 34.0 Å². The van der Waals surface area contributed by atoms with Crippen molar-refractivity contribution in [1.29, 1.82) is 0 Å². The summed E-state index contributed by atoms with van der Waals surface area (Å²) in [7, 11) is 0. The van der Waals surface area contributed by atoms with Gasteiger partial charge < -0.3 is 5.32 Å². The SMILES string of the molecule is Fc1ccc(CNc2nc3c(-c4cccc(F)c4)nnn3c3ccc(Cl)cc23)cc1. The standard InChI is InChI=1S/C22H14ClF2N5/c23-15-6-9-19-18(11-15)21(26-12-13-4-7-16(24)8-5-13)27-22-20(28-29-30(19)22)14-2-1-3-17(25)10-14/h1-11H,12H2,(H,26,27). The summed E-state index contributed by atoms with van der Waals surface area (Å²) in [4.78, 5) is 4.71. The summed E-state index contributed by atoms with van der Waals surface area (Å²) in [6.45, 7) is 0.432. The lowest BCUT2D eigenvalue weighted by molar-refractivity contribution is 0.627. The fraction of sp³-hybridized carbons (Fsp3) is 0.0455. The summed E-state index contributed by atoms with van der Waals surface area (Å²) in [5.41, 5.74) is 3.18. The van der Waals surface area contributed by atoms with Gasteiger partial charge in [-0.05, 0) is 48.0 Å². The molecule has 148 valence electrons. The number of benzene rings is 3. The quantitative estimate of drug-likeness (QED) is 0.417. The minimum absolute atomic E-state index is 0.291. The van der Waals surface area contributed by atoms with Crippen molar-refractivity contribution in [2.75, 3.05) is 5.32 Å². The van der Waals surface area contributed by atoms with Crippen LogP contribution in [0.3, 0.4) is 0 Å². The molecule has 0 radical (unpaired) electrons. The Balaban J connectivity index is 1.66. The molecule has 1 N–H and O–H groups in total. The summed E-state index contributed by atoms with van der Waals surface area (Å²) >= 11 is 6.21. The number of hydrogen-bond acceptors (Lipinski definition) is 4. The number of nitrogens with zero attached hydrogens (tertiary/aromatic N) is 4. The molecule has 0 saturated heterocycles. The average molecular weight is 422 g/mol. The highest BCUT2D eigenvalue weighted by Crippen LogP contribution is 2.30. The lowest BCUT2D eigenvalue weighted by atomic mass is 10.1. The molecule has 0 aliphatic heterocycles. The van der Waals surface area contributed by atoms with Gasteiger partial charge >= 0.3 is 0 Å². The van der Waals surface area contributed by atoms with Crippen molar-refractivity contribution in [1.82, 2.24) is 19.8 Å². The second-order valence-electron chi connectivity index (χ2n) is 6.79. The van der Waals surface area contributed by atoms with E-state index in [1.165, 1.54) is 24.3 Å². The van der Waals surface area contributed by atoms with Crippen LogP contribution in [0.2, 0.25) is 5.02 Å². The fourth-order valence-electron chi connectivity index (χ4n) is 3.33. The van der Waals surface area contributed by atoms with E-state index in [0.29, 0.717) is 34.3 Å². The van der Waals surface area contributed by atoms with Gasteiger partial charge in [0, 0.05) is 22.5 Å². The van der Waals surface area contributed by atoms with Gasteiger partial charge in [-0.3, -0.25) is 0 Å². The first-order valence-corrected chi connectivity index (χ1v) is 9.55. The number of rotatable bonds is 4. The van der Waals surface area contributed by atoms with Crippen molar-refractivity contribution < 1.29 is 8.78 Å². The van der Waals surface area contributed by atoms with Crippen LogP contribution >= 0.6 is 11.6 Å². The van der Waals surface area contributed by atoms with Gasteiger partial charge in [0.25, 0.3) is 0 Å². The minimum Gasteiger partial charge on any atom is -0.365 e. The molecule has 3 aromatic carbocycles. The lowest BCUT2D eigenvalue weighted by Gasteiger charge is -2.11. The molecule has 5 aromatic rings. The van der Waals surface area contributed by atoms with Crippen LogP contribution in [0.4, 0.5) is 14.6 Å². The van der Waals surface area contributed by atoms with Gasteiger partial charge in [0.15, 0.2) is 5.65 Å². The molecule has 0 atom stereocenters. The maximum absolute atomic E-state index is 13.7. The van der Waals surface area contributed by atoms with Gasteiger partial charge in [0.1, 0.15) is 23.1 Å². The van der Waals surface area contributed by atoms with E-state index in [1.54, 1.807) is 40.9 Å². The Morgan fingerprint density at radius 2 is 1.77 bits per heavy atom. The topological polar surface area (TPSA) is 55.1 Å². The predicted octanol–water partition coefficient (Wildman–Crippen LogP) is 5.49. The summed E-state index contributed by atoms with van der Waals surface area (Å²) in [6, 6.07) is 17.7. The van der Waals surface area contributed by atoms with Crippen LogP contribution in [-0.2, 0) is 6.54 Å². The monoisotopic (exact) mass is 421 g/mol. The normalized spacial score (nSPS) is 11.3. The molecular formula is C22H14ClF2N5. The maximum Gasteiger partial charge on any atom is 0.186 e. The summed E-state index contributed by atoms with van der Waals surface area (Å²) in [5, 5.41) is 13.0. The van der Waals surface area contributed by atoms with Crippen LogP contribution in [0.1, 0.15) is 5.56 Å².